The number of sulfonamides is 1. The van der Waals surface area contributed by atoms with Crippen LogP contribution in [0.3, 0.4) is 0 Å². The first-order valence-corrected chi connectivity index (χ1v) is 8.78. The van der Waals surface area contributed by atoms with E-state index in [2.05, 4.69) is 4.90 Å². The summed E-state index contributed by atoms with van der Waals surface area (Å²) in [4.78, 5) is 2.46. The molecule has 118 valence electrons. The Morgan fingerprint density at radius 1 is 1.19 bits per heavy atom. The highest BCUT2D eigenvalue weighted by Gasteiger charge is 2.32. The highest BCUT2D eigenvalue weighted by molar-refractivity contribution is 7.89. The molecule has 5 nitrogen and oxygen atoms in total. The van der Waals surface area contributed by atoms with Gasteiger partial charge in [0.15, 0.2) is 0 Å². The van der Waals surface area contributed by atoms with Crippen LogP contribution < -0.4 is 10.6 Å². The quantitative estimate of drug-likeness (QED) is 0.895. The van der Waals surface area contributed by atoms with Gasteiger partial charge in [0.25, 0.3) is 0 Å². The number of nitrogens with zero attached hydrogens (tertiary/aromatic N) is 2. The summed E-state index contributed by atoms with van der Waals surface area (Å²) in [5, 5.41) is 0. The van der Waals surface area contributed by atoms with Crippen molar-refractivity contribution in [1.29, 1.82) is 0 Å². The molecule has 0 saturated heterocycles. The Morgan fingerprint density at radius 3 is 2.48 bits per heavy atom. The highest BCUT2D eigenvalue weighted by atomic mass is 32.2. The maximum absolute atomic E-state index is 12.5. The van der Waals surface area contributed by atoms with E-state index >= 15 is 0 Å². The minimum Gasteiger partial charge on any atom is -0.370 e. The van der Waals surface area contributed by atoms with Gasteiger partial charge in [0.05, 0.1) is 5.69 Å². The Kier molecular flexibility index (Phi) is 4.91. The molecule has 0 radical (unpaired) electrons. The van der Waals surface area contributed by atoms with Crippen LogP contribution in [0.5, 0.6) is 0 Å². The Morgan fingerprint density at radius 2 is 1.86 bits per heavy atom. The van der Waals surface area contributed by atoms with E-state index in [0.29, 0.717) is 23.4 Å². The monoisotopic (exact) mass is 311 g/mol. The van der Waals surface area contributed by atoms with E-state index < -0.39 is 10.0 Å². The van der Waals surface area contributed by atoms with E-state index in [1.165, 1.54) is 4.31 Å². The third kappa shape index (κ3) is 3.07. The predicted octanol–water partition coefficient (Wildman–Crippen LogP) is 1.50. The maximum atomic E-state index is 12.5. The van der Waals surface area contributed by atoms with Crippen LogP contribution in [0.1, 0.15) is 19.3 Å². The molecule has 2 N–H and O–H groups in total. The second kappa shape index (κ2) is 6.34. The summed E-state index contributed by atoms with van der Waals surface area (Å²) < 4.78 is 26.3. The Hall–Kier alpha value is -1.11. The molecule has 6 heteroatoms. The van der Waals surface area contributed by atoms with Gasteiger partial charge >= 0.3 is 0 Å². The van der Waals surface area contributed by atoms with Gasteiger partial charge in [-0.15, -0.1) is 0 Å². The molecule has 0 heterocycles. The van der Waals surface area contributed by atoms with Crippen molar-refractivity contribution in [2.24, 2.45) is 11.7 Å². The van der Waals surface area contributed by atoms with Crippen LogP contribution in [0.4, 0.5) is 5.69 Å². The van der Waals surface area contributed by atoms with Crippen molar-refractivity contribution in [2.45, 2.75) is 30.2 Å². The lowest BCUT2D eigenvalue weighted by molar-refractivity contribution is 0.471. The largest absolute Gasteiger partial charge is 0.370 e. The molecule has 0 amide bonds. The highest BCUT2D eigenvalue weighted by Crippen LogP contribution is 2.34. The van der Waals surface area contributed by atoms with E-state index in [-0.39, 0.29) is 0 Å². The zero-order valence-corrected chi connectivity index (χ0v) is 13.8. The van der Waals surface area contributed by atoms with Crippen LogP contribution in [-0.2, 0) is 10.0 Å². The fourth-order valence-electron chi connectivity index (χ4n) is 3.14. The molecule has 1 saturated carbocycles. The number of para-hydroxylation sites is 1. The molecule has 1 aliphatic carbocycles. The molecule has 1 fully saturated rings. The Bertz CT molecular complexity index is 586. The van der Waals surface area contributed by atoms with Crippen LogP contribution in [0.15, 0.2) is 29.2 Å². The molecule has 0 aromatic heterocycles. The number of rotatable bonds is 5. The molecule has 2 unspecified atom stereocenters. The molecule has 2 atom stereocenters. The van der Waals surface area contributed by atoms with Crippen LogP contribution >= 0.6 is 0 Å². The summed E-state index contributed by atoms with van der Waals surface area (Å²) in [6, 6.07) is 7.51. The molecule has 1 aliphatic rings. The van der Waals surface area contributed by atoms with Crippen molar-refractivity contribution in [2.75, 3.05) is 32.6 Å². The predicted molar refractivity (Wildman–Crippen MR) is 85.9 cm³/mol. The fourth-order valence-corrected chi connectivity index (χ4v) is 4.26. The molecule has 0 bridgehead atoms. The summed E-state index contributed by atoms with van der Waals surface area (Å²) in [6.07, 6.45) is 3.34. The number of benzene rings is 1. The van der Waals surface area contributed by atoms with Gasteiger partial charge in [-0.05, 0) is 37.4 Å². The van der Waals surface area contributed by atoms with Gasteiger partial charge in [-0.3, -0.25) is 0 Å². The SMILES string of the molecule is CN(c1ccccc1S(=O)(=O)N(C)C)C1CCCC1CN. The average molecular weight is 311 g/mol. The molecular weight excluding hydrogens is 286 g/mol. The molecule has 21 heavy (non-hydrogen) atoms. The smallest absolute Gasteiger partial charge is 0.244 e. The lowest BCUT2D eigenvalue weighted by Crippen LogP contribution is -2.38. The van der Waals surface area contributed by atoms with E-state index in [4.69, 9.17) is 5.73 Å². The van der Waals surface area contributed by atoms with Crippen molar-refractivity contribution in [1.82, 2.24) is 4.31 Å². The standard InChI is InChI=1S/C15H25N3O2S/c1-17(2)21(19,20)15-10-5-4-8-14(15)18(3)13-9-6-7-12(13)11-16/h4-5,8,10,12-13H,6-7,9,11,16H2,1-3H3. The van der Waals surface area contributed by atoms with E-state index in [9.17, 15) is 8.42 Å². The van der Waals surface area contributed by atoms with Gasteiger partial charge in [0.2, 0.25) is 10.0 Å². The Labute approximate surface area is 127 Å². The molecule has 1 aromatic carbocycles. The first kappa shape index (κ1) is 16.3. The third-order valence-electron chi connectivity index (χ3n) is 4.42. The molecule has 1 aromatic rings. The number of nitrogens with two attached hydrogens (primary N) is 1. The van der Waals surface area contributed by atoms with Gasteiger partial charge in [0.1, 0.15) is 4.90 Å². The van der Waals surface area contributed by atoms with Crippen LogP contribution in [0.25, 0.3) is 0 Å². The van der Waals surface area contributed by atoms with Crippen molar-refractivity contribution < 1.29 is 8.42 Å². The summed E-state index contributed by atoms with van der Waals surface area (Å²) >= 11 is 0. The number of hydrogen-bond acceptors (Lipinski definition) is 4. The zero-order valence-electron chi connectivity index (χ0n) is 13.0. The fraction of sp³-hybridized carbons (Fsp3) is 0.600. The van der Waals surface area contributed by atoms with Gasteiger partial charge < -0.3 is 10.6 Å². The van der Waals surface area contributed by atoms with E-state index in [1.807, 2.05) is 19.2 Å². The van der Waals surface area contributed by atoms with E-state index in [0.717, 1.165) is 24.9 Å². The third-order valence-corrected chi connectivity index (χ3v) is 6.29. The average Bonchev–Trinajstić information content (AvgIpc) is 2.94. The lowest BCUT2D eigenvalue weighted by atomic mass is 10.0. The first-order chi connectivity index (χ1) is 9.89. The Balaban J connectivity index is 2.41. The topological polar surface area (TPSA) is 66.6 Å². The van der Waals surface area contributed by atoms with Crippen LogP contribution in [0, 0.1) is 5.92 Å². The summed E-state index contributed by atoms with van der Waals surface area (Å²) in [7, 11) is 1.65. The minimum absolute atomic E-state index is 0.313. The van der Waals surface area contributed by atoms with Gasteiger partial charge in [-0.1, -0.05) is 18.6 Å². The summed E-state index contributed by atoms with van der Waals surface area (Å²) in [6.45, 7) is 0.650. The normalized spacial score (nSPS) is 22.7. The van der Waals surface area contributed by atoms with Crippen molar-refractivity contribution in [3.63, 3.8) is 0 Å². The van der Waals surface area contributed by atoms with Crippen molar-refractivity contribution in [3.05, 3.63) is 24.3 Å². The molecule has 0 spiro atoms. The van der Waals surface area contributed by atoms with Crippen molar-refractivity contribution >= 4 is 15.7 Å². The molecular formula is C15H25N3O2S. The van der Waals surface area contributed by atoms with Crippen molar-refractivity contribution in [3.8, 4) is 0 Å². The minimum atomic E-state index is -3.45. The lowest BCUT2D eigenvalue weighted by Gasteiger charge is -2.32. The van der Waals surface area contributed by atoms with Crippen LogP contribution in [-0.4, -0.2) is 46.5 Å². The van der Waals surface area contributed by atoms with E-state index in [1.54, 1.807) is 26.2 Å². The number of anilines is 1. The van der Waals surface area contributed by atoms with Gasteiger partial charge in [-0.25, -0.2) is 12.7 Å². The molecule has 2 rings (SSSR count). The second-order valence-corrected chi connectivity index (χ2v) is 7.98. The second-order valence-electron chi connectivity index (χ2n) is 5.86. The zero-order chi connectivity index (χ0) is 15.6. The maximum Gasteiger partial charge on any atom is 0.244 e. The molecule has 0 aliphatic heterocycles. The van der Waals surface area contributed by atoms with Crippen LogP contribution in [0.2, 0.25) is 0 Å². The van der Waals surface area contributed by atoms with Gasteiger partial charge in [0, 0.05) is 27.2 Å². The first-order valence-electron chi connectivity index (χ1n) is 7.34. The summed E-state index contributed by atoms with van der Waals surface area (Å²) in [5.74, 6) is 0.435. The van der Waals surface area contributed by atoms with Gasteiger partial charge in [-0.2, -0.15) is 0 Å². The number of hydrogen-bond donors (Lipinski definition) is 1. The summed E-state index contributed by atoms with van der Waals surface area (Å²) in [5.41, 5.74) is 6.62.